The molecular weight excluding hydrogens is 326 g/mol. The maximum atomic E-state index is 5.63. The molecule has 26 heavy (non-hydrogen) atoms. The van der Waals surface area contributed by atoms with Crippen LogP contribution in [0.4, 0.5) is 0 Å². The number of ether oxygens (including phenoxy) is 2. The Morgan fingerprint density at radius 2 is 1.96 bits per heavy atom. The summed E-state index contributed by atoms with van der Waals surface area (Å²) < 4.78 is 13.4. The highest BCUT2D eigenvalue weighted by Crippen LogP contribution is 2.39. The molecule has 1 saturated heterocycles. The number of fused-ring (bicyclic) bond motifs is 1. The minimum Gasteiger partial charge on any atom is -0.497 e. The Morgan fingerprint density at radius 1 is 1.12 bits per heavy atom. The molecule has 2 heterocycles. The molecule has 0 spiro atoms. The molecule has 136 valence electrons. The third-order valence-corrected chi connectivity index (χ3v) is 5.33. The van der Waals surface area contributed by atoms with Gasteiger partial charge in [0.1, 0.15) is 17.3 Å². The number of benzene rings is 2. The summed E-state index contributed by atoms with van der Waals surface area (Å²) in [5.74, 6) is 2.85. The lowest BCUT2D eigenvalue weighted by Gasteiger charge is -2.27. The van der Waals surface area contributed by atoms with E-state index in [2.05, 4.69) is 40.7 Å². The molecule has 1 fully saturated rings. The molecule has 0 amide bonds. The maximum Gasteiger partial charge on any atom is 0.123 e. The van der Waals surface area contributed by atoms with Crippen molar-refractivity contribution in [3.63, 3.8) is 0 Å². The average Bonchev–Trinajstić information content (AvgIpc) is 3.26. The summed E-state index contributed by atoms with van der Waals surface area (Å²) in [4.78, 5) is 7.22. The fourth-order valence-electron chi connectivity index (χ4n) is 4.00. The first-order valence-corrected chi connectivity index (χ1v) is 9.09. The van der Waals surface area contributed by atoms with Gasteiger partial charge in [-0.05, 0) is 50.1 Å². The van der Waals surface area contributed by atoms with Crippen molar-refractivity contribution >= 4 is 11.0 Å². The number of methoxy groups -OCH3 is 2. The molecule has 1 aromatic heterocycles. The number of aryl methyl sites for hydroxylation is 1. The van der Waals surface area contributed by atoms with Crippen LogP contribution in [0, 0.1) is 6.92 Å². The van der Waals surface area contributed by atoms with Crippen LogP contribution in [0.15, 0.2) is 42.5 Å². The minimum absolute atomic E-state index is 0.320. The topological polar surface area (TPSA) is 39.5 Å². The molecule has 1 atom stereocenters. The van der Waals surface area contributed by atoms with Crippen molar-refractivity contribution in [2.45, 2.75) is 32.5 Å². The van der Waals surface area contributed by atoms with Crippen molar-refractivity contribution in [1.82, 2.24) is 14.5 Å². The van der Waals surface area contributed by atoms with Crippen molar-refractivity contribution in [3.8, 4) is 11.5 Å². The average molecular weight is 351 g/mol. The highest BCUT2D eigenvalue weighted by Gasteiger charge is 2.29. The Balaban J connectivity index is 1.68. The molecule has 0 aliphatic carbocycles. The maximum absolute atomic E-state index is 5.63. The van der Waals surface area contributed by atoms with Crippen LogP contribution in [-0.4, -0.2) is 35.2 Å². The van der Waals surface area contributed by atoms with Crippen molar-refractivity contribution in [2.75, 3.05) is 20.8 Å². The Labute approximate surface area is 154 Å². The summed E-state index contributed by atoms with van der Waals surface area (Å²) in [6.45, 7) is 3.98. The van der Waals surface area contributed by atoms with Crippen LogP contribution in [0.3, 0.4) is 0 Å². The number of hydrogen-bond acceptors (Lipinski definition) is 4. The summed E-state index contributed by atoms with van der Waals surface area (Å²) in [7, 11) is 3.44. The first-order valence-electron chi connectivity index (χ1n) is 9.09. The van der Waals surface area contributed by atoms with Gasteiger partial charge >= 0.3 is 0 Å². The molecule has 0 saturated carbocycles. The van der Waals surface area contributed by atoms with E-state index in [9.17, 15) is 0 Å². The Bertz CT molecular complexity index is 919. The van der Waals surface area contributed by atoms with Gasteiger partial charge in [0.05, 0.1) is 31.9 Å². The molecule has 3 aromatic rings. The fraction of sp³-hybridized carbons (Fsp3) is 0.381. The van der Waals surface area contributed by atoms with E-state index in [1.54, 1.807) is 14.2 Å². The van der Waals surface area contributed by atoms with E-state index in [0.29, 0.717) is 6.04 Å². The largest absolute Gasteiger partial charge is 0.497 e. The van der Waals surface area contributed by atoms with Gasteiger partial charge in [-0.2, -0.15) is 0 Å². The second-order valence-corrected chi connectivity index (χ2v) is 6.80. The Hall–Kier alpha value is -2.53. The van der Waals surface area contributed by atoms with Gasteiger partial charge in [0.15, 0.2) is 0 Å². The van der Waals surface area contributed by atoms with E-state index in [1.165, 1.54) is 17.5 Å². The lowest BCUT2D eigenvalue weighted by molar-refractivity contribution is 0.199. The lowest BCUT2D eigenvalue weighted by atomic mass is 10.0. The van der Waals surface area contributed by atoms with Crippen LogP contribution in [0.25, 0.3) is 11.0 Å². The van der Waals surface area contributed by atoms with Crippen molar-refractivity contribution in [3.05, 3.63) is 53.9 Å². The SMILES string of the molecule is COc1ccc(OC)c(C2CCCN2Cn2c(C)nc3ccccc32)c1. The molecule has 5 nitrogen and oxygen atoms in total. The number of para-hydroxylation sites is 2. The number of hydrogen-bond donors (Lipinski definition) is 0. The molecule has 0 bridgehead atoms. The van der Waals surface area contributed by atoms with Crippen molar-refractivity contribution in [2.24, 2.45) is 0 Å². The summed E-state index contributed by atoms with van der Waals surface area (Å²) in [5, 5.41) is 0. The summed E-state index contributed by atoms with van der Waals surface area (Å²) in [6, 6.07) is 14.7. The van der Waals surface area contributed by atoms with Gasteiger partial charge in [-0.25, -0.2) is 4.98 Å². The zero-order chi connectivity index (χ0) is 18.1. The van der Waals surface area contributed by atoms with E-state index in [4.69, 9.17) is 14.5 Å². The second-order valence-electron chi connectivity index (χ2n) is 6.80. The van der Waals surface area contributed by atoms with Crippen LogP contribution in [0.2, 0.25) is 0 Å². The minimum atomic E-state index is 0.320. The third kappa shape index (κ3) is 2.92. The molecule has 0 radical (unpaired) electrons. The second kappa shape index (κ2) is 7.00. The molecule has 1 unspecified atom stereocenters. The summed E-state index contributed by atoms with van der Waals surface area (Å²) >= 11 is 0. The van der Waals surface area contributed by atoms with Crippen LogP contribution < -0.4 is 9.47 Å². The van der Waals surface area contributed by atoms with Gasteiger partial charge in [-0.1, -0.05) is 12.1 Å². The predicted molar refractivity (Wildman–Crippen MR) is 103 cm³/mol. The van der Waals surface area contributed by atoms with Gasteiger partial charge in [0, 0.05) is 18.2 Å². The zero-order valence-electron chi connectivity index (χ0n) is 15.6. The standard InChI is InChI=1S/C21H25N3O2/c1-15-22-18-7-4-5-8-20(18)24(15)14-23-12-6-9-19(23)17-13-16(25-2)10-11-21(17)26-3/h4-5,7-8,10-11,13,19H,6,9,12,14H2,1-3H3. The molecule has 5 heteroatoms. The van der Waals surface area contributed by atoms with Gasteiger partial charge in [-0.3, -0.25) is 4.90 Å². The first-order chi connectivity index (χ1) is 12.7. The van der Waals surface area contributed by atoms with Gasteiger partial charge < -0.3 is 14.0 Å². The third-order valence-electron chi connectivity index (χ3n) is 5.33. The lowest BCUT2D eigenvalue weighted by Crippen LogP contribution is -2.27. The van der Waals surface area contributed by atoms with E-state index in [-0.39, 0.29) is 0 Å². The van der Waals surface area contributed by atoms with E-state index >= 15 is 0 Å². The molecular formula is C21H25N3O2. The predicted octanol–water partition coefficient (Wildman–Crippen LogP) is 4.16. The molecule has 1 aliphatic rings. The fourth-order valence-corrected chi connectivity index (χ4v) is 4.00. The molecule has 0 N–H and O–H groups in total. The van der Waals surface area contributed by atoms with Crippen LogP contribution >= 0.6 is 0 Å². The Kier molecular flexibility index (Phi) is 4.55. The van der Waals surface area contributed by atoms with Gasteiger partial charge in [0.2, 0.25) is 0 Å². The van der Waals surface area contributed by atoms with Crippen molar-refractivity contribution < 1.29 is 9.47 Å². The molecule has 2 aromatic carbocycles. The van der Waals surface area contributed by atoms with Crippen LogP contribution in [-0.2, 0) is 6.67 Å². The highest BCUT2D eigenvalue weighted by molar-refractivity contribution is 5.75. The smallest absolute Gasteiger partial charge is 0.123 e. The monoisotopic (exact) mass is 351 g/mol. The summed E-state index contributed by atoms with van der Waals surface area (Å²) in [5.41, 5.74) is 3.44. The number of rotatable bonds is 5. The summed E-state index contributed by atoms with van der Waals surface area (Å²) in [6.07, 6.45) is 2.30. The first kappa shape index (κ1) is 16.9. The quantitative estimate of drug-likeness (QED) is 0.692. The number of aromatic nitrogens is 2. The van der Waals surface area contributed by atoms with E-state index < -0.39 is 0 Å². The highest BCUT2D eigenvalue weighted by atomic mass is 16.5. The number of nitrogens with zero attached hydrogens (tertiary/aromatic N) is 3. The molecule has 4 rings (SSSR count). The van der Waals surface area contributed by atoms with Crippen LogP contribution in [0.1, 0.15) is 30.3 Å². The number of likely N-dealkylation sites (tertiary alicyclic amines) is 1. The normalized spacial score (nSPS) is 17.7. The van der Waals surface area contributed by atoms with Crippen molar-refractivity contribution in [1.29, 1.82) is 0 Å². The van der Waals surface area contributed by atoms with Gasteiger partial charge in [0.25, 0.3) is 0 Å². The van der Waals surface area contributed by atoms with Gasteiger partial charge in [-0.15, -0.1) is 0 Å². The van der Waals surface area contributed by atoms with Crippen LogP contribution in [0.5, 0.6) is 11.5 Å². The van der Waals surface area contributed by atoms with E-state index in [0.717, 1.165) is 42.5 Å². The zero-order valence-corrected chi connectivity index (χ0v) is 15.6. The Morgan fingerprint density at radius 3 is 2.77 bits per heavy atom. The molecule has 1 aliphatic heterocycles. The van der Waals surface area contributed by atoms with E-state index in [1.807, 2.05) is 18.2 Å². The number of imidazole rings is 1.